The second kappa shape index (κ2) is 9.41. The monoisotopic (exact) mass is 552 g/mol. The smallest absolute Gasteiger partial charge is 0.278 e. The Bertz CT molecular complexity index is 1570. The molecule has 1 atom stereocenters. The lowest BCUT2D eigenvalue weighted by Gasteiger charge is -2.53. The summed E-state index contributed by atoms with van der Waals surface area (Å²) in [7, 11) is 0. The largest absolute Gasteiger partial charge is 0.502 e. The first-order valence-electron chi connectivity index (χ1n) is 12.7. The number of halogens is 2. The molecule has 2 aromatic heterocycles. The predicted octanol–water partition coefficient (Wildman–Crippen LogP) is 4.48. The van der Waals surface area contributed by atoms with Gasteiger partial charge in [-0.2, -0.15) is 0 Å². The highest BCUT2D eigenvalue weighted by Gasteiger charge is 2.49. The van der Waals surface area contributed by atoms with Crippen molar-refractivity contribution in [1.82, 2.24) is 14.6 Å². The van der Waals surface area contributed by atoms with Gasteiger partial charge in [0.15, 0.2) is 23.1 Å². The van der Waals surface area contributed by atoms with Gasteiger partial charge in [-0.3, -0.25) is 24.3 Å². The molecule has 11 heteroatoms. The van der Waals surface area contributed by atoms with Crippen LogP contribution in [0.2, 0.25) is 0 Å². The standard InChI is InChI=1S/C28H26F2N4O4S/c1-3-28(9-6-10-28)32-15-34(33-12-8-18(35)26(36)25(33)27(32)37)24-21-16(14-39-20-7-5-11-31-23(20)24)22(30)17(29)13-19(21)38-4-2/h3,5,7-8,11-13,24,36H,1,4,6,9-10,14-15H2,2H3/t24-/m1/s1. The maximum Gasteiger partial charge on any atom is 0.278 e. The highest BCUT2D eigenvalue weighted by Crippen LogP contribution is 2.48. The molecule has 6 rings (SSSR count). The van der Waals surface area contributed by atoms with Crippen molar-refractivity contribution in [2.75, 3.05) is 18.3 Å². The first-order chi connectivity index (χ1) is 18.8. The Balaban J connectivity index is 1.67. The third kappa shape index (κ3) is 3.74. The fraction of sp³-hybridized carbons (Fsp3) is 0.321. The number of fused-ring (bicyclic) bond motifs is 3. The molecule has 8 nitrogen and oxygen atoms in total. The first kappa shape index (κ1) is 25.4. The molecule has 39 heavy (non-hydrogen) atoms. The maximum absolute atomic E-state index is 15.5. The lowest BCUT2D eigenvalue weighted by atomic mass is 9.75. The van der Waals surface area contributed by atoms with Gasteiger partial charge in [0.2, 0.25) is 5.43 Å². The van der Waals surface area contributed by atoms with Gasteiger partial charge in [-0.05, 0) is 38.3 Å². The molecule has 1 saturated carbocycles. The van der Waals surface area contributed by atoms with Crippen LogP contribution < -0.4 is 15.2 Å². The van der Waals surface area contributed by atoms with Crippen LogP contribution in [-0.2, 0) is 5.75 Å². The van der Waals surface area contributed by atoms with Crippen LogP contribution in [-0.4, -0.2) is 44.4 Å². The number of nitrogens with zero attached hydrogens (tertiary/aromatic N) is 4. The van der Waals surface area contributed by atoms with Gasteiger partial charge in [-0.15, -0.1) is 18.3 Å². The number of aromatic hydroxyl groups is 1. The Labute approximate surface area is 227 Å². The van der Waals surface area contributed by atoms with E-state index in [2.05, 4.69) is 11.6 Å². The molecule has 1 aliphatic carbocycles. The van der Waals surface area contributed by atoms with E-state index in [0.29, 0.717) is 24.1 Å². The lowest BCUT2D eigenvalue weighted by Crippen LogP contribution is -2.64. The minimum Gasteiger partial charge on any atom is -0.502 e. The van der Waals surface area contributed by atoms with E-state index in [9.17, 15) is 19.1 Å². The highest BCUT2D eigenvalue weighted by molar-refractivity contribution is 7.98. The molecule has 0 bridgehead atoms. The molecule has 0 unspecified atom stereocenters. The summed E-state index contributed by atoms with van der Waals surface area (Å²) in [5.74, 6) is -2.91. The zero-order chi connectivity index (χ0) is 27.5. The molecule has 3 aromatic rings. The molecule has 4 heterocycles. The summed E-state index contributed by atoms with van der Waals surface area (Å²) in [6.45, 7) is 5.95. The second-order valence-corrected chi connectivity index (χ2v) is 10.8. The minimum absolute atomic E-state index is 0.00944. The average molecular weight is 553 g/mol. The zero-order valence-electron chi connectivity index (χ0n) is 21.2. The summed E-state index contributed by atoms with van der Waals surface area (Å²) in [5, 5.41) is 12.6. The molecule has 1 aromatic carbocycles. The fourth-order valence-electron chi connectivity index (χ4n) is 5.70. The van der Waals surface area contributed by atoms with Crippen LogP contribution in [0.1, 0.15) is 59.5 Å². The van der Waals surface area contributed by atoms with Gasteiger partial charge >= 0.3 is 0 Å². The molecule has 0 saturated heterocycles. The number of hydrogen-bond donors (Lipinski definition) is 1. The van der Waals surface area contributed by atoms with E-state index < -0.39 is 40.3 Å². The Morgan fingerprint density at radius 2 is 2.10 bits per heavy atom. The molecule has 3 aliphatic rings. The molecule has 202 valence electrons. The Kier molecular flexibility index (Phi) is 6.13. The number of thioether (sulfide) groups is 1. The van der Waals surface area contributed by atoms with Gasteiger partial charge in [-0.25, -0.2) is 8.78 Å². The van der Waals surface area contributed by atoms with Crippen LogP contribution in [0.15, 0.2) is 59.0 Å². The van der Waals surface area contributed by atoms with Crippen LogP contribution in [0.3, 0.4) is 0 Å². The van der Waals surface area contributed by atoms with Gasteiger partial charge < -0.3 is 14.7 Å². The van der Waals surface area contributed by atoms with Crippen molar-refractivity contribution in [3.05, 3.63) is 93.7 Å². The first-order valence-corrected chi connectivity index (χ1v) is 13.7. The summed E-state index contributed by atoms with van der Waals surface area (Å²) >= 11 is 1.33. The maximum atomic E-state index is 15.5. The Hall–Kier alpha value is -3.86. The van der Waals surface area contributed by atoms with E-state index in [4.69, 9.17) is 4.74 Å². The summed E-state index contributed by atoms with van der Waals surface area (Å²) in [5.41, 5.74) is -0.531. The van der Waals surface area contributed by atoms with Crippen molar-refractivity contribution in [2.45, 2.75) is 48.4 Å². The highest BCUT2D eigenvalue weighted by atomic mass is 32.2. The van der Waals surface area contributed by atoms with Crippen LogP contribution in [0.25, 0.3) is 0 Å². The minimum atomic E-state index is -1.02. The van der Waals surface area contributed by atoms with Crippen molar-refractivity contribution in [3.8, 4) is 11.5 Å². The SMILES string of the molecule is C=CC1(N2CN([C@H]3c4ncccc4SCc4c(F)c(F)cc(OCC)c43)n3ccc(=O)c(O)c3C2=O)CCC1. The number of pyridine rings is 2. The van der Waals surface area contributed by atoms with E-state index >= 15 is 4.39 Å². The molecule has 1 fully saturated rings. The normalized spacial score (nSPS) is 19.4. The van der Waals surface area contributed by atoms with Crippen LogP contribution in [0.5, 0.6) is 11.5 Å². The number of aromatic nitrogens is 2. The number of carbonyl (C=O) groups is 1. The predicted molar refractivity (Wildman–Crippen MR) is 142 cm³/mol. The number of benzene rings is 1. The van der Waals surface area contributed by atoms with E-state index in [-0.39, 0.29) is 36.0 Å². The van der Waals surface area contributed by atoms with Crippen molar-refractivity contribution in [3.63, 3.8) is 0 Å². The fourth-order valence-corrected chi connectivity index (χ4v) is 6.77. The molecule has 1 amide bonds. The molecular formula is C28H26F2N4O4S. The number of hydrogen-bond acceptors (Lipinski definition) is 7. The van der Waals surface area contributed by atoms with Gasteiger partial charge in [0, 0.05) is 46.3 Å². The third-order valence-corrected chi connectivity index (χ3v) is 8.92. The van der Waals surface area contributed by atoms with Crippen molar-refractivity contribution >= 4 is 17.7 Å². The van der Waals surface area contributed by atoms with E-state index in [1.165, 1.54) is 28.7 Å². The van der Waals surface area contributed by atoms with E-state index in [1.54, 1.807) is 35.2 Å². The lowest BCUT2D eigenvalue weighted by molar-refractivity contribution is 0.0255. The summed E-state index contributed by atoms with van der Waals surface area (Å²) in [4.78, 5) is 33.3. The summed E-state index contributed by atoms with van der Waals surface area (Å²) in [6.07, 6.45) is 6.98. The summed E-state index contributed by atoms with van der Waals surface area (Å²) in [6, 6.07) is 4.97. The topological polar surface area (TPSA) is 87.9 Å². The van der Waals surface area contributed by atoms with Crippen LogP contribution >= 0.6 is 11.8 Å². The zero-order valence-corrected chi connectivity index (χ0v) is 22.0. The van der Waals surface area contributed by atoms with Gasteiger partial charge in [0.1, 0.15) is 18.5 Å². The van der Waals surface area contributed by atoms with Gasteiger partial charge in [0.25, 0.3) is 5.91 Å². The molecule has 1 N–H and O–H groups in total. The van der Waals surface area contributed by atoms with Gasteiger partial charge in [-0.1, -0.05) is 6.08 Å². The summed E-state index contributed by atoms with van der Waals surface area (Å²) < 4.78 is 37.5. The van der Waals surface area contributed by atoms with Crippen molar-refractivity contribution < 1.29 is 23.4 Å². The quantitative estimate of drug-likeness (QED) is 0.467. The number of carbonyl (C=O) groups excluding carboxylic acids is 1. The van der Waals surface area contributed by atoms with Crippen molar-refractivity contribution in [1.29, 1.82) is 0 Å². The number of rotatable bonds is 5. The number of amides is 1. The number of ether oxygens (including phenoxy) is 1. The second-order valence-electron chi connectivity index (χ2n) is 9.77. The molecular weight excluding hydrogens is 526 g/mol. The molecule has 0 spiro atoms. The Morgan fingerprint density at radius 3 is 2.79 bits per heavy atom. The third-order valence-electron chi connectivity index (χ3n) is 7.83. The van der Waals surface area contributed by atoms with Gasteiger partial charge in [0.05, 0.1) is 17.8 Å². The Morgan fingerprint density at radius 1 is 1.31 bits per heavy atom. The van der Waals surface area contributed by atoms with E-state index in [1.807, 2.05) is 6.07 Å². The molecule has 0 radical (unpaired) electrons. The molecule has 2 aliphatic heterocycles. The average Bonchev–Trinajstić information content (AvgIpc) is 3.07. The van der Waals surface area contributed by atoms with E-state index in [0.717, 1.165) is 17.4 Å². The van der Waals surface area contributed by atoms with Crippen molar-refractivity contribution in [2.24, 2.45) is 0 Å². The van der Waals surface area contributed by atoms with Crippen LogP contribution in [0, 0.1) is 11.6 Å². The van der Waals surface area contributed by atoms with Crippen LogP contribution in [0.4, 0.5) is 8.78 Å².